The fourth-order valence-electron chi connectivity index (χ4n) is 1.66. The second kappa shape index (κ2) is 8.53. The fourth-order valence-corrected chi connectivity index (χ4v) is 1.66. The van der Waals surface area contributed by atoms with Crippen LogP contribution >= 0.6 is 0 Å². The molecule has 0 heterocycles. The predicted molar refractivity (Wildman–Crippen MR) is 76.8 cm³/mol. The molecule has 0 atom stereocenters. The Bertz CT molecular complexity index is 377. The van der Waals surface area contributed by atoms with E-state index in [4.69, 9.17) is 10.5 Å². The van der Waals surface area contributed by atoms with Crippen molar-refractivity contribution in [3.63, 3.8) is 0 Å². The summed E-state index contributed by atoms with van der Waals surface area (Å²) >= 11 is 0. The van der Waals surface area contributed by atoms with Gasteiger partial charge in [0, 0.05) is 24.9 Å². The van der Waals surface area contributed by atoms with E-state index in [1.165, 1.54) is 12.8 Å². The van der Waals surface area contributed by atoms with Gasteiger partial charge >= 0.3 is 0 Å². The first-order valence-corrected chi connectivity index (χ1v) is 6.41. The van der Waals surface area contributed by atoms with Crippen LogP contribution in [0.5, 0.6) is 0 Å². The van der Waals surface area contributed by atoms with Crippen molar-refractivity contribution in [1.82, 2.24) is 0 Å². The maximum absolute atomic E-state index is 5.85. The summed E-state index contributed by atoms with van der Waals surface area (Å²) in [7, 11) is 1.68. The van der Waals surface area contributed by atoms with Gasteiger partial charge < -0.3 is 15.8 Å². The van der Waals surface area contributed by atoms with Crippen molar-refractivity contribution in [2.75, 3.05) is 19.0 Å². The third-order valence-electron chi connectivity index (χ3n) is 2.62. The Kier molecular flexibility index (Phi) is 6.87. The van der Waals surface area contributed by atoms with Crippen molar-refractivity contribution in [1.29, 1.82) is 0 Å². The number of anilines is 1. The summed E-state index contributed by atoms with van der Waals surface area (Å²) in [4.78, 5) is 4.30. The maximum atomic E-state index is 5.85. The zero-order chi connectivity index (χ0) is 13.2. The summed E-state index contributed by atoms with van der Waals surface area (Å²) in [5.74, 6) is 0.467. The van der Waals surface area contributed by atoms with Gasteiger partial charge in [-0.25, -0.2) is 0 Å². The molecule has 0 fully saturated rings. The average Bonchev–Trinajstić information content (AvgIpc) is 2.37. The third kappa shape index (κ3) is 5.19. The summed E-state index contributed by atoms with van der Waals surface area (Å²) in [6.07, 6.45) is 3.47. The van der Waals surface area contributed by atoms with Gasteiger partial charge in [-0.3, -0.25) is 4.99 Å². The number of hydrogen-bond donors (Lipinski definition) is 2. The Balaban J connectivity index is 2.55. The molecule has 0 saturated carbocycles. The smallest absolute Gasteiger partial charge is 0.193 e. The number of hydrogen-bond acceptors (Lipinski definition) is 2. The number of nitrogens with one attached hydrogen (secondary N) is 1. The minimum atomic E-state index is 0.467. The highest BCUT2D eigenvalue weighted by Gasteiger charge is 2.01. The lowest BCUT2D eigenvalue weighted by Crippen LogP contribution is -2.23. The van der Waals surface area contributed by atoms with Crippen LogP contribution in [0.25, 0.3) is 0 Å². The maximum Gasteiger partial charge on any atom is 0.193 e. The van der Waals surface area contributed by atoms with Crippen LogP contribution in [0.15, 0.2) is 29.3 Å². The average molecular weight is 249 g/mol. The number of guanidine groups is 1. The van der Waals surface area contributed by atoms with Crippen molar-refractivity contribution < 1.29 is 4.74 Å². The van der Waals surface area contributed by atoms with E-state index >= 15 is 0 Å². The van der Waals surface area contributed by atoms with Crippen LogP contribution in [-0.2, 0) is 11.3 Å². The molecule has 0 amide bonds. The van der Waals surface area contributed by atoms with E-state index in [-0.39, 0.29) is 0 Å². The van der Waals surface area contributed by atoms with E-state index in [1.807, 2.05) is 24.3 Å². The first kappa shape index (κ1) is 14.5. The number of methoxy groups -OCH3 is 1. The van der Waals surface area contributed by atoms with Gasteiger partial charge in [0.1, 0.15) is 0 Å². The van der Waals surface area contributed by atoms with Crippen LogP contribution in [-0.4, -0.2) is 19.6 Å². The summed E-state index contributed by atoms with van der Waals surface area (Å²) in [6, 6.07) is 7.93. The van der Waals surface area contributed by atoms with Crippen molar-refractivity contribution >= 4 is 11.6 Å². The van der Waals surface area contributed by atoms with Gasteiger partial charge in [-0.1, -0.05) is 38.0 Å². The normalized spacial score (nSPS) is 11.6. The monoisotopic (exact) mass is 249 g/mol. The van der Waals surface area contributed by atoms with Gasteiger partial charge in [0.15, 0.2) is 5.96 Å². The Morgan fingerprint density at radius 3 is 2.83 bits per heavy atom. The van der Waals surface area contributed by atoms with Crippen LogP contribution in [0.4, 0.5) is 5.69 Å². The molecule has 1 aromatic carbocycles. The standard InChI is InChI=1S/C14H23N3O/c1-3-4-7-10-16-14(15)17-13-9-6-5-8-12(13)11-18-2/h5-6,8-9H,3-4,7,10-11H2,1-2H3,(H3,15,16,17). The van der Waals surface area contributed by atoms with E-state index in [0.717, 1.165) is 24.2 Å². The summed E-state index contributed by atoms with van der Waals surface area (Å²) in [6.45, 7) is 3.51. The lowest BCUT2D eigenvalue weighted by Gasteiger charge is -2.10. The number of para-hydroxylation sites is 1. The quantitative estimate of drug-likeness (QED) is 0.444. The second-order valence-corrected chi connectivity index (χ2v) is 4.19. The minimum absolute atomic E-state index is 0.467. The zero-order valence-corrected chi connectivity index (χ0v) is 11.3. The van der Waals surface area contributed by atoms with Crippen LogP contribution in [0.2, 0.25) is 0 Å². The van der Waals surface area contributed by atoms with Crippen molar-refractivity contribution in [2.45, 2.75) is 32.8 Å². The van der Waals surface area contributed by atoms with Crippen molar-refractivity contribution in [2.24, 2.45) is 10.7 Å². The van der Waals surface area contributed by atoms with Crippen LogP contribution < -0.4 is 11.1 Å². The molecule has 4 nitrogen and oxygen atoms in total. The highest BCUT2D eigenvalue weighted by Crippen LogP contribution is 2.15. The first-order valence-electron chi connectivity index (χ1n) is 6.41. The number of nitrogens with zero attached hydrogens (tertiary/aromatic N) is 1. The molecule has 100 valence electrons. The first-order chi connectivity index (χ1) is 8.77. The highest BCUT2D eigenvalue weighted by atomic mass is 16.5. The van der Waals surface area contributed by atoms with Gasteiger partial charge in [-0.05, 0) is 12.5 Å². The molecule has 0 aromatic heterocycles. The molecule has 0 spiro atoms. The summed E-state index contributed by atoms with van der Waals surface area (Å²) in [5, 5.41) is 3.12. The van der Waals surface area contributed by atoms with Gasteiger partial charge in [-0.15, -0.1) is 0 Å². The van der Waals surface area contributed by atoms with Gasteiger partial charge in [-0.2, -0.15) is 0 Å². The molecule has 0 saturated heterocycles. The topological polar surface area (TPSA) is 59.6 Å². The fraction of sp³-hybridized carbons (Fsp3) is 0.500. The third-order valence-corrected chi connectivity index (χ3v) is 2.62. The molecule has 1 rings (SSSR count). The molecule has 0 aliphatic rings. The highest BCUT2D eigenvalue weighted by molar-refractivity contribution is 5.92. The zero-order valence-electron chi connectivity index (χ0n) is 11.3. The molecule has 0 bridgehead atoms. The van der Waals surface area contributed by atoms with E-state index in [0.29, 0.717) is 12.6 Å². The lowest BCUT2D eigenvalue weighted by atomic mass is 10.2. The Labute approximate surface area is 109 Å². The van der Waals surface area contributed by atoms with Crippen LogP contribution in [0.1, 0.15) is 31.7 Å². The van der Waals surface area contributed by atoms with Crippen LogP contribution in [0, 0.1) is 0 Å². The Hall–Kier alpha value is -1.55. The van der Waals surface area contributed by atoms with E-state index in [2.05, 4.69) is 17.2 Å². The molecule has 0 radical (unpaired) electrons. The van der Waals surface area contributed by atoms with E-state index in [9.17, 15) is 0 Å². The minimum Gasteiger partial charge on any atom is -0.380 e. The number of benzene rings is 1. The Morgan fingerprint density at radius 2 is 2.11 bits per heavy atom. The molecule has 0 unspecified atom stereocenters. The number of nitrogens with two attached hydrogens (primary N) is 1. The number of aliphatic imine (C=N–C) groups is 1. The molecule has 4 heteroatoms. The molecule has 18 heavy (non-hydrogen) atoms. The van der Waals surface area contributed by atoms with Gasteiger partial charge in [0.25, 0.3) is 0 Å². The largest absolute Gasteiger partial charge is 0.380 e. The number of unbranched alkanes of at least 4 members (excludes halogenated alkanes) is 2. The van der Waals surface area contributed by atoms with Crippen molar-refractivity contribution in [3.05, 3.63) is 29.8 Å². The second-order valence-electron chi connectivity index (χ2n) is 4.19. The SMILES string of the molecule is CCCCCN=C(N)Nc1ccccc1COC. The molecular formula is C14H23N3O. The molecule has 3 N–H and O–H groups in total. The summed E-state index contributed by atoms with van der Waals surface area (Å²) in [5.41, 5.74) is 7.88. The van der Waals surface area contributed by atoms with Gasteiger partial charge in [0.05, 0.1) is 6.61 Å². The van der Waals surface area contributed by atoms with Gasteiger partial charge in [0.2, 0.25) is 0 Å². The van der Waals surface area contributed by atoms with E-state index in [1.54, 1.807) is 7.11 Å². The van der Waals surface area contributed by atoms with E-state index < -0.39 is 0 Å². The number of rotatable bonds is 7. The summed E-state index contributed by atoms with van der Waals surface area (Å²) < 4.78 is 5.14. The van der Waals surface area contributed by atoms with Crippen molar-refractivity contribution in [3.8, 4) is 0 Å². The lowest BCUT2D eigenvalue weighted by molar-refractivity contribution is 0.185. The molecular weight excluding hydrogens is 226 g/mol. The molecule has 1 aromatic rings. The molecule has 0 aliphatic heterocycles. The molecule has 0 aliphatic carbocycles. The van der Waals surface area contributed by atoms with Crippen LogP contribution in [0.3, 0.4) is 0 Å². The Morgan fingerprint density at radius 1 is 1.33 bits per heavy atom. The number of ether oxygens (including phenoxy) is 1. The predicted octanol–water partition coefficient (Wildman–Crippen LogP) is 2.75.